The third-order valence-electron chi connectivity index (χ3n) is 4.04. The maximum absolute atomic E-state index is 13.1. The molecule has 4 rings (SSSR count). The van der Waals surface area contributed by atoms with Crippen molar-refractivity contribution in [1.29, 1.82) is 0 Å². The molecule has 2 aromatic rings. The van der Waals surface area contributed by atoms with E-state index in [-0.39, 0.29) is 5.82 Å². The summed E-state index contributed by atoms with van der Waals surface area (Å²) in [5.41, 5.74) is 0.403. The molecular weight excluding hydrogens is 221 g/mol. The third kappa shape index (κ3) is 1.08. The number of halogens is 1. The van der Waals surface area contributed by atoms with Crippen molar-refractivity contribution >= 4 is 21.4 Å². The molecule has 1 saturated heterocycles. The van der Waals surface area contributed by atoms with Gasteiger partial charge in [-0.05, 0) is 42.5 Å². The lowest BCUT2D eigenvalue weighted by molar-refractivity contribution is 0.630. The van der Waals surface area contributed by atoms with Gasteiger partial charge in [0.2, 0.25) is 0 Å². The first-order valence-corrected chi connectivity index (χ1v) is 6.50. The van der Waals surface area contributed by atoms with E-state index >= 15 is 0 Å². The van der Waals surface area contributed by atoms with Crippen LogP contribution in [0.2, 0.25) is 0 Å². The van der Waals surface area contributed by atoms with Crippen LogP contribution >= 0.6 is 11.3 Å². The molecule has 1 saturated carbocycles. The first kappa shape index (κ1) is 9.14. The van der Waals surface area contributed by atoms with Crippen molar-refractivity contribution in [2.24, 2.45) is 5.92 Å². The Hall–Kier alpha value is -0.930. The molecule has 82 valence electrons. The largest absolute Gasteiger partial charge is 0.315 e. The molecule has 1 unspecified atom stereocenters. The lowest BCUT2D eigenvalue weighted by Gasteiger charge is -2.07. The van der Waals surface area contributed by atoms with Gasteiger partial charge in [-0.1, -0.05) is 6.07 Å². The summed E-state index contributed by atoms with van der Waals surface area (Å²) in [7, 11) is 0. The SMILES string of the molecule is Fc1ccc2cc([C@@]34CNCC3C4)sc2c1. The van der Waals surface area contributed by atoms with E-state index in [2.05, 4.69) is 11.4 Å². The fourth-order valence-electron chi connectivity index (χ4n) is 2.97. The van der Waals surface area contributed by atoms with E-state index in [4.69, 9.17) is 0 Å². The Labute approximate surface area is 97.3 Å². The average molecular weight is 233 g/mol. The highest BCUT2D eigenvalue weighted by molar-refractivity contribution is 7.19. The van der Waals surface area contributed by atoms with Gasteiger partial charge in [0.1, 0.15) is 5.82 Å². The van der Waals surface area contributed by atoms with E-state index in [9.17, 15) is 4.39 Å². The monoisotopic (exact) mass is 233 g/mol. The second-order valence-corrected chi connectivity index (χ2v) is 6.06. The predicted molar refractivity (Wildman–Crippen MR) is 64.4 cm³/mol. The van der Waals surface area contributed by atoms with Gasteiger partial charge in [0.25, 0.3) is 0 Å². The Morgan fingerprint density at radius 3 is 3.06 bits per heavy atom. The maximum Gasteiger partial charge on any atom is 0.124 e. The van der Waals surface area contributed by atoms with Crippen molar-refractivity contribution in [2.75, 3.05) is 13.1 Å². The molecule has 2 atom stereocenters. The first-order chi connectivity index (χ1) is 7.78. The molecule has 1 aliphatic heterocycles. The van der Waals surface area contributed by atoms with Crippen LogP contribution in [0.1, 0.15) is 11.3 Å². The van der Waals surface area contributed by atoms with Gasteiger partial charge in [-0.3, -0.25) is 0 Å². The molecule has 0 radical (unpaired) electrons. The number of piperidine rings is 1. The van der Waals surface area contributed by atoms with Gasteiger partial charge in [0.05, 0.1) is 0 Å². The Morgan fingerprint density at radius 1 is 1.38 bits per heavy atom. The van der Waals surface area contributed by atoms with Gasteiger partial charge in [-0.15, -0.1) is 11.3 Å². The van der Waals surface area contributed by atoms with E-state index in [1.54, 1.807) is 23.5 Å². The van der Waals surface area contributed by atoms with Gasteiger partial charge in [0, 0.05) is 21.5 Å². The van der Waals surface area contributed by atoms with Crippen molar-refractivity contribution in [2.45, 2.75) is 11.8 Å². The molecule has 2 heterocycles. The Bertz CT molecular complexity index is 576. The van der Waals surface area contributed by atoms with Crippen LogP contribution in [0, 0.1) is 11.7 Å². The van der Waals surface area contributed by atoms with Crippen molar-refractivity contribution in [3.05, 3.63) is 35.0 Å². The molecule has 1 aromatic heterocycles. The zero-order valence-electron chi connectivity index (χ0n) is 8.79. The smallest absolute Gasteiger partial charge is 0.124 e. The summed E-state index contributed by atoms with van der Waals surface area (Å²) >= 11 is 1.77. The predicted octanol–water partition coefficient (Wildman–Crippen LogP) is 2.90. The van der Waals surface area contributed by atoms with Crippen LogP contribution in [0.3, 0.4) is 0 Å². The van der Waals surface area contributed by atoms with Crippen LogP contribution < -0.4 is 5.32 Å². The van der Waals surface area contributed by atoms with Crippen LogP contribution in [0.15, 0.2) is 24.3 Å². The molecule has 3 heteroatoms. The van der Waals surface area contributed by atoms with Gasteiger partial charge in [0.15, 0.2) is 0 Å². The number of rotatable bonds is 1. The zero-order valence-corrected chi connectivity index (χ0v) is 9.61. The lowest BCUT2D eigenvalue weighted by atomic mass is 10.0. The minimum Gasteiger partial charge on any atom is -0.315 e. The molecule has 16 heavy (non-hydrogen) atoms. The molecule has 1 N–H and O–H groups in total. The second kappa shape index (κ2) is 2.84. The Balaban J connectivity index is 1.87. The number of hydrogen-bond donors (Lipinski definition) is 1. The van der Waals surface area contributed by atoms with Crippen LogP contribution in [0.5, 0.6) is 0 Å². The minimum absolute atomic E-state index is 0.129. The summed E-state index contributed by atoms with van der Waals surface area (Å²) in [6.07, 6.45) is 1.31. The summed E-state index contributed by atoms with van der Waals surface area (Å²) in [6.45, 7) is 2.26. The van der Waals surface area contributed by atoms with E-state index < -0.39 is 0 Å². The van der Waals surface area contributed by atoms with E-state index in [1.807, 2.05) is 6.07 Å². The number of benzene rings is 1. The van der Waals surface area contributed by atoms with Crippen LogP contribution in [0.4, 0.5) is 4.39 Å². The average Bonchev–Trinajstić information content (AvgIpc) is 2.69. The second-order valence-electron chi connectivity index (χ2n) is 4.98. The fourth-order valence-corrected chi connectivity index (χ4v) is 4.34. The standard InChI is InChI=1S/C13H12FNS/c14-10-2-1-8-3-12(16-11(8)4-10)13-5-9(13)6-15-7-13/h1-4,9,15H,5-7H2/t9?,13-/m0/s1. The van der Waals surface area contributed by atoms with Crippen LogP contribution in [0.25, 0.3) is 10.1 Å². The van der Waals surface area contributed by atoms with Crippen LogP contribution in [-0.2, 0) is 5.41 Å². The van der Waals surface area contributed by atoms with Gasteiger partial charge < -0.3 is 5.32 Å². The molecule has 0 amide bonds. The van der Waals surface area contributed by atoms with Crippen molar-refractivity contribution in [1.82, 2.24) is 5.32 Å². The summed E-state index contributed by atoms with van der Waals surface area (Å²) in [4.78, 5) is 1.45. The fraction of sp³-hybridized carbons (Fsp3) is 0.385. The number of hydrogen-bond acceptors (Lipinski definition) is 2. The number of nitrogens with one attached hydrogen (secondary N) is 1. The summed E-state index contributed by atoms with van der Waals surface area (Å²) in [6, 6.07) is 7.35. The van der Waals surface area contributed by atoms with Crippen molar-refractivity contribution < 1.29 is 4.39 Å². The van der Waals surface area contributed by atoms with E-state index in [0.29, 0.717) is 5.41 Å². The summed E-state index contributed by atoms with van der Waals surface area (Å²) < 4.78 is 14.2. The maximum atomic E-state index is 13.1. The normalized spacial score (nSPS) is 31.9. The number of thiophene rings is 1. The molecule has 0 spiro atoms. The highest BCUT2D eigenvalue weighted by atomic mass is 32.1. The Morgan fingerprint density at radius 2 is 2.31 bits per heavy atom. The topological polar surface area (TPSA) is 12.0 Å². The first-order valence-electron chi connectivity index (χ1n) is 5.68. The van der Waals surface area contributed by atoms with Crippen LogP contribution in [-0.4, -0.2) is 13.1 Å². The van der Waals surface area contributed by atoms with Crippen molar-refractivity contribution in [3.8, 4) is 0 Å². The van der Waals surface area contributed by atoms with Crippen molar-refractivity contribution in [3.63, 3.8) is 0 Å². The highest BCUT2D eigenvalue weighted by Crippen LogP contribution is 2.58. The summed E-state index contributed by atoms with van der Waals surface area (Å²) in [5.74, 6) is 0.695. The van der Waals surface area contributed by atoms with E-state index in [1.165, 1.54) is 16.7 Å². The molecule has 1 aromatic carbocycles. The van der Waals surface area contributed by atoms with E-state index in [0.717, 1.165) is 23.7 Å². The molecule has 1 aliphatic carbocycles. The molecule has 1 nitrogen and oxygen atoms in total. The Kier molecular flexibility index (Phi) is 1.62. The minimum atomic E-state index is -0.129. The van der Waals surface area contributed by atoms with Gasteiger partial charge >= 0.3 is 0 Å². The highest BCUT2D eigenvalue weighted by Gasteiger charge is 2.58. The summed E-state index contributed by atoms with van der Waals surface area (Å²) in [5, 5.41) is 4.64. The molecule has 2 fully saturated rings. The number of fused-ring (bicyclic) bond motifs is 2. The lowest BCUT2D eigenvalue weighted by Crippen LogP contribution is -2.18. The zero-order chi connectivity index (χ0) is 10.8. The van der Waals surface area contributed by atoms with Gasteiger partial charge in [-0.2, -0.15) is 0 Å². The quantitative estimate of drug-likeness (QED) is 0.798. The molecular formula is C13H12FNS. The molecule has 0 bridgehead atoms. The third-order valence-corrected chi connectivity index (χ3v) is 5.35. The molecule has 2 aliphatic rings. The van der Waals surface area contributed by atoms with Gasteiger partial charge in [-0.25, -0.2) is 4.39 Å².